The minimum atomic E-state index is 0.261. The summed E-state index contributed by atoms with van der Waals surface area (Å²) >= 11 is 3.59. The predicted molar refractivity (Wildman–Crippen MR) is 360 cm³/mol. The van der Waals surface area contributed by atoms with E-state index in [0.29, 0.717) is 0 Å². The molecule has 0 unspecified atom stereocenters. The van der Waals surface area contributed by atoms with Gasteiger partial charge in [-0.05, 0) is 161 Å². The number of aromatic hydroxyl groups is 1. The molecule has 0 amide bonds. The summed E-state index contributed by atoms with van der Waals surface area (Å²) < 4.78 is 16.6. The normalized spacial score (nSPS) is 12.0. The Hall–Kier alpha value is -11.4. The van der Waals surface area contributed by atoms with Gasteiger partial charge < -0.3 is 9.84 Å². The molecule has 408 valence electrons. The van der Waals surface area contributed by atoms with Gasteiger partial charge in [0, 0.05) is 47.6 Å². The van der Waals surface area contributed by atoms with Crippen LogP contribution in [0.2, 0.25) is 0 Å². The van der Waals surface area contributed by atoms with Gasteiger partial charge in [-0.2, -0.15) is 0 Å². The Morgan fingerprint density at radius 2 is 0.529 bits per heavy atom. The van der Waals surface area contributed by atoms with Crippen molar-refractivity contribution in [3.05, 3.63) is 271 Å². The van der Waals surface area contributed by atoms with Crippen LogP contribution in [0.1, 0.15) is 0 Å². The van der Waals surface area contributed by atoms with Gasteiger partial charge in [0.15, 0.2) is 0 Å². The third-order valence-corrected chi connectivity index (χ3v) is 17.6. The molecule has 0 aliphatic rings. The largest absolute Gasteiger partial charge is 0.508 e. The zero-order valence-corrected chi connectivity index (χ0v) is 47.8. The second-order valence-electron chi connectivity index (χ2n) is 22.0. The first-order valence-corrected chi connectivity index (χ1v) is 29.7. The van der Waals surface area contributed by atoms with Gasteiger partial charge in [-0.1, -0.05) is 143 Å². The lowest BCUT2D eigenvalue weighted by Gasteiger charge is -2.13. The van der Waals surface area contributed by atoms with Crippen molar-refractivity contribution in [2.75, 3.05) is 0 Å². The van der Waals surface area contributed by atoms with Crippen LogP contribution in [-0.2, 0) is 0 Å². The quantitative estimate of drug-likeness (QED) is 0.173. The van der Waals surface area contributed by atoms with Crippen LogP contribution in [0.25, 0.3) is 153 Å². The van der Waals surface area contributed by atoms with Gasteiger partial charge >= 0.3 is 0 Å². The monoisotopic (exact) mass is 1180 g/mol. The Kier molecular flexibility index (Phi) is 10.8. The molecule has 8 heterocycles. The van der Waals surface area contributed by atoms with E-state index in [1.54, 1.807) is 12.1 Å². The van der Waals surface area contributed by atoms with E-state index in [9.17, 15) is 5.11 Å². The maximum Gasteiger partial charge on any atom is 0.146 e. The smallest absolute Gasteiger partial charge is 0.146 e. The van der Waals surface area contributed by atoms with Gasteiger partial charge in [0.25, 0.3) is 0 Å². The van der Waals surface area contributed by atoms with Gasteiger partial charge in [0.05, 0.1) is 66.2 Å². The molecule has 0 aliphatic heterocycles. The lowest BCUT2D eigenvalue weighted by Crippen LogP contribution is -1.93. The average Bonchev–Trinajstić information content (AvgIpc) is 1.90. The van der Waals surface area contributed by atoms with E-state index >= 15 is 0 Å². The molecule has 0 aliphatic carbocycles. The molecule has 10 nitrogen and oxygen atoms in total. The molecule has 20 rings (SSSR count). The predicted octanol–water partition coefficient (Wildman–Crippen LogP) is 19.7. The number of imidazole rings is 4. The first kappa shape index (κ1) is 49.1. The highest BCUT2D eigenvalue weighted by molar-refractivity contribution is 9.10. The third-order valence-electron chi connectivity index (χ3n) is 17.1. The summed E-state index contributed by atoms with van der Waals surface area (Å²) in [4.78, 5) is 19.8. The van der Waals surface area contributed by atoms with Crippen molar-refractivity contribution in [2.24, 2.45) is 0 Å². The molecule has 87 heavy (non-hydrogen) atoms. The number of phenolic OH excluding ortho intramolecular Hbond substituents is 1. The Morgan fingerprint density at radius 1 is 0.253 bits per heavy atom. The lowest BCUT2D eigenvalue weighted by atomic mass is 10.0. The molecule has 0 saturated carbocycles. The minimum absolute atomic E-state index is 0.261. The molecule has 0 atom stereocenters. The molecule has 0 spiro atoms. The van der Waals surface area contributed by atoms with Crippen LogP contribution in [0.5, 0.6) is 17.2 Å². The van der Waals surface area contributed by atoms with Crippen LogP contribution in [0, 0.1) is 0 Å². The summed E-state index contributed by atoms with van der Waals surface area (Å²) in [6.45, 7) is 0. The van der Waals surface area contributed by atoms with E-state index in [1.165, 1.54) is 32.4 Å². The minimum Gasteiger partial charge on any atom is -0.508 e. The summed E-state index contributed by atoms with van der Waals surface area (Å²) in [6, 6.07) is 91.5. The number of hydrogen-bond donors (Lipinski definition) is 1. The van der Waals surface area contributed by atoms with Crippen molar-refractivity contribution in [3.8, 4) is 17.2 Å². The topological polar surface area (TPSA) is 98.7 Å². The van der Waals surface area contributed by atoms with Gasteiger partial charge in [0.1, 0.15) is 39.8 Å². The molecule has 1 N–H and O–H groups in total. The number of halogens is 1. The highest BCUT2D eigenvalue weighted by Crippen LogP contribution is 2.40. The van der Waals surface area contributed by atoms with E-state index in [2.05, 4.69) is 234 Å². The maximum absolute atomic E-state index is 9.90. The van der Waals surface area contributed by atoms with E-state index in [1.807, 2.05) is 54.6 Å². The fourth-order valence-electron chi connectivity index (χ4n) is 13.4. The summed E-state index contributed by atoms with van der Waals surface area (Å²) in [5, 5.41) is 23.6. The van der Waals surface area contributed by atoms with Crippen LogP contribution in [0.15, 0.2) is 271 Å². The molecule has 0 saturated heterocycles. The average molecular weight is 1180 g/mol. The molecule has 11 heteroatoms. The second-order valence-corrected chi connectivity index (χ2v) is 23.0. The molecule has 0 radical (unpaired) electrons. The Labute approximate surface area is 502 Å². The van der Waals surface area contributed by atoms with Crippen LogP contribution in [0.3, 0.4) is 0 Å². The number of hydrogen-bond acceptors (Lipinski definition) is 6. The van der Waals surface area contributed by atoms with Crippen molar-refractivity contribution in [1.82, 2.24) is 37.5 Å². The fourth-order valence-corrected chi connectivity index (χ4v) is 13.8. The summed E-state index contributed by atoms with van der Waals surface area (Å²) in [5.74, 6) is 1.79. The number of para-hydroxylation sites is 12. The summed E-state index contributed by atoms with van der Waals surface area (Å²) in [6.07, 6.45) is 0. The van der Waals surface area contributed by atoms with E-state index < -0.39 is 0 Å². The molecule has 20 aromatic rings. The Bertz CT molecular complexity index is 5920. The highest BCUT2D eigenvalue weighted by atomic mass is 79.9. The van der Waals surface area contributed by atoms with Gasteiger partial charge in [-0.15, -0.1) is 0 Å². The first-order valence-electron chi connectivity index (χ1n) is 28.9. The van der Waals surface area contributed by atoms with Crippen molar-refractivity contribution < 1.29 is 9.84 Å². The van der Waals surface area contributed by atoms with E-state index in [4.69, 9.17) is 24.7 Å². The van der Waals surface area contributed by atoms with Crippen molar-refractivity contribution in [3.63, 3.8) is 0 Å². The maximum atomic E-state index is 9.90. The number of fused-ring (bicyclic) bond motifs is 32. The second kappa shape index (κ2) is 19.1. The van der Waals surface area contributed by atoms with Gasteiger partial charge in [0.2, 0.25) is 0 Å². The number of aromatic nitrogens is 8. The van der Waals surface area contributed by atoms with E-state index in [-0.39, 0.29) is 5.75 Å². The highest BCUT2D eigenvalue weighted by Gasteiger charge is 2.19. The number of benzene rings is 12. The van der Waals surface area contributed by atoms with Crippen molar-refractivity contribution in [2.45, 2.75) is 0 Å². The Morgan fingerprint density at radius 3 is 0.885 bits per heavy atom. The lowest BCUT2D eigenvalue weighted by molar-refractivity contribution is 0.476. The number of pyridine rings is 4. The van der Waals surface area contributed by atoms with Crippen LogP contribution < -0.4 is 4.74 Å². The van der Waals surface area contributed by atoms with Crippen LogP contribution in [-0.4, -0.2) is 42.6 Å². The molecular weight excluding hydrogens is 1140 g/mol. The van der Waals surface area contributed by atoms with Crippen LogP contribution >= 0.6 is 15.9 Å². The Balaban J connectivity index is 0.000000108. The number of ether oxygens (including phenoxy) is 1. The van der Waals surface area contributed by atoms with Crippen molar-refractivity contribution in [1.29, 1.82) is 0 Å². The molecule has 0 fully saturated rings. The van der Waals surface area contributed by atoms with Gasteiger partial charge in [-0.25, -0.2) is 19.9 Å². The standard InChI is InChI=1S/C38H22N4O.C19H11BrN2.C19H12N2O/c1-5-13-33-27(9-1)25-19-17-23(21-29(25)37-39-31-11-3-7-15-35(31)41(33)37)43-24-18-20-26-28-10-2-6-14-34(28)42-36-16-8-4-12-32(36)40-38(42)30(26)22-24;20-12-9-10-13-14-5-1-3-7-17(14)22-18-8-4-2-6-16(18)21-19(22)15(13)11-12;22-12-9-10-13-14-5-1-3-7-17(14)21-18-8-4-2-6-16(18)20-19(21)15(13)11-12/h1-22H;1-11H;1-11,22H. The summed E-state index contributed by atoms with van der Waals surface area (Å²) in [7, 11) is 0. The zero-order chi connectivity index (χ0) is 57.4. The number of rotatable bonds is 2. The molecule has 8 aromatic heterocycles. The summed E-state index contributed by atoms with van der Waals surface area (Å²) in [5.41, 5.74) is 16.7. The SMILES string of the molecule is Brc1ccc2c3ccccc3n3c4ccccc4nc3c2c1.Oc1ccc2c3ccccc3n3c4ccccc4nc3c2c1.c1ccc2c(c1)nc1c3cc(Oc4ccc5c6ccccc6n6c7ccccc7nc6c5c4)ccc3c3ccccc3n21. The molecule has 12 aromatic carbocycles. The number of nitrogens with zero attached hydrogens (tertiary/aromatic N) is 8. The van der Waals surface area contributed by atoms with Gasteiger partial charge in [-0.3, -0.25) is 17.6 Å². The zero-order valence-electron chi connectivity index (χ0n) is 46.2. The first-order chi connectivity index (χ1) is 43.0. The fraction of sp³-hybridized carbons (Fsp3) is 0. The number of phenols is 1. The van der Waals surface area contributed by atoms with Crippen molar-refractivity contribution >= 4 is 169 Å². The molecular formula is C76H45BrN8O2. The molecule has 0 bridgehead atoms. The van der Waals surface area contributed by atoms with Crippen LogP contribution in [0.4, 0.5) is 0 Å². The van der Waals surface area contributed by atoms with E-state index in [0.717, 1.165) is 137 Å². The third kappa shape index (κ3) is 7.52.